The van der Waals surface area contributed by atoms with Crippen molar-refractivity contribution in [2.45, 2.75) is 38.1 Å². The Morgan fingerprint density at radius 2 is 1.91 bits per heavy atom. The Bertz CT molecular complexity index is 681. The van der Waals surface area contributed by atoms with Crippen molar-refractivity contribution >= 4 is 21.7 Å². The number of carbonyl (C=O) groups excluding carboxylic acids is 1. The number of nitrogens with one attached hydrogen (secondary N) is 1. The molecule has 0 bridgehead atoms. The average Bonchev–Trinajstić information content (AvgIpc) is 2.42. The molecule has 0 spiro atoms. The normalized spacial score (nSPS) is 14.2. The molecule has 0 saturated carbocycles. The highest BCUT2D eigenvalue weighted by Crippen LogP contribution is 2.17. The van der Waals surface area contributed by atoms with Crippen LogP contribution in [0.2, 0.25) is 0 Å². The van der Waals surface area contributed by atoms with Crippen LogP contribution in [0.5, 0.6) is 0 Å². The van der Waals surface area contributed by atoms with Crippen LogP contribution in [0.15, 0.2) is 23.1 Å². The maximum Gasteiger partial charge on any atom is 0.326 e. The number of carboxylic acid groups (broad SMARTS) is 1. The van der Waals surface area contributed by atoms with Gasteiger partial charge in [-0.05, 0) is 30.5 Å². The summed E-state index contributed by atoms with van der Waals surface area (Å²) in [5.74, 6) is -1.94. The van der Waals surface area contributed by atoms with Crippen LogP contribution in [-0.2, 0) is 14.6 Å². The summed E-state index contributed by atoms with van der Waals surface area (Å²) in [5, 5.41) is 11.7. The number of hydrogen-bond acceptors (Lipinski definition) is 4. The monoisotopic (exact) mass is 327 g/mol. The predicted octanol–water partition coefficient (Wildman–Crippen LogP) is 1.63. The lowest BCUT2D eigenvalue weighted by atomic mass is 9.98. The van der Waals surface area contributed by atoms with Crippen molar-refractivity contribution in [1.82, 2.24) is 5.32 Å². The minimum atomic E-state index is -3.44. The molecular weight excluding hydrogens is 306 g/mol. The molecule has 0 aromatic heterocycles. The first-order valence-electron chi connectivity index (χ1n) is 6.92. The number of aliphatic carboxylic acids is 1. The van der Waals surface area contributed by atoms with E-state index in [0.717, 1.165) is 6.26 Å². The molecule has 0 aliphatic carbocycles. The van der Waals surface area contributed by atoms with E-state index < -0.39 is 27.8 Å². The fourth-order valence-corrected chi connectivity index (χ4v) is 2.63. The number of sulfone groups is 1. The number of hydrogen-bond donors (Lipinski definition) is 2. The second-order valence-corrected chi connectivity index (χ2v) is 7.44. The van der Waals surface area contributed by atoms with E-state index in [1.165, 1.54) is 18.2 Å². The highest BCUT2D eigenvalue weighted by Gasteiger charge is 2.26. The van der Waals surface area contributed by atoms with Gasteiger partial charge in [-0.25, -0.2) is 13.2 Å². The lowest BCUT2D eigenvalue weighted by Gasteiger charge is -2.20. The first-order chi connectivity index (χ1) is 10.1. The summed E-state index contributed by atoms with van der Waals surface area (Å²) in [5.41, 5.74) is 0.746. The van der Waals surface area contributed by atoms with Gasteiger partial charge >= 0.3 is 5.97 Å². The maximum absolute atomic E-state index is 12.3. The van der Waals surface area contributed by atoms with Crippen molar-refractivity contribution in [3.63, 3.8) is 0 Å². The molecule has 2 N–H and O–H groups in total. The van der Waals surface area contributed by atoms with E-state index in [9.17, 15) is 23.1 Å². The topological polar surface area (TPSA) is 101 Å². The largest absolute Gasteiger partial charge is 0.480 e. The Balaban J connectivity index is 3.15. The minimum absolute atomic E-state index is 0.0265. The molecule has 7 heteroatoms. The van der Waals surface area contributed by atoms with Crippen molar-refractivity contribution in [1.29, 1.82) is 0 Å². The van der Waals surface area contributed by atoms with Gasteiger partial charge in [0.2, 0.25) is 0 Å². The van der Waals surface area contributed by atoms with Gasteiger partial charge in [0.25, 0.3) is 5.91 Å². The van der Waals surface area contributed by atoms with Gasteiger partial charge in [-0.3, -0.25) is 4.79 Å². The standard InChI is InChI=1S/C15H21NO5S/c1-5-9(2)13(15(18)19)16-14(17)12-8-11(22(4,20)21)7-6-10(12)3/h6-9,13H,5H2,1-4H3,(H,16,17)(H,18,19). The summed E-state index contributed by atoms with van der Waals surface area (Å²) in [6, 6.07) is 3.21. The third kappa shape index (κ3) is 4.30. The molecule has 2 atom stereocenters. The fourth-order valence-electron chi connectivity index (χ4n) is 1.98. The smallest absolute Gasteiger partial charge is 0.326 e. The van der Waals surface area contributed by atoms with Crippen LogP contribution in [0.4, 0.5) is 0 Å². The molecule has 0 aliphatic heterocycles. The molecule has 1 aromatic rings. The van der Waals surface area contributed by atoms with E-state index in [1.54, 1.807) is 13.8 Å². The van der Waals surface area contributed by atoms with Crippen LogP contribution in [0.25, 0.3) is 0 Å². The van der Waals surface area contributed by atoms with Crippen LogP contribution in [0.3, 0.4) is 0 Å². The quantitative estimate of drug-likeness (QED) is 0.827. The van der Waals surface area contributed by atoms with E-state index in [0.29, 0.717) is 12.0 Å². The van der Waals surface area contributed by atoms with E-state index in [4.69, 9.17) is 0 Å². The van der Waals surface area contributed by atoms with Crippen molar-refractivity contribution in [3.8, 4) is 0 Å². The van der Waals surface area contributed by atoms with Crippen molar-refractivity contribution < 1.29 is 23.1 Å². The van der Waals surface area contributed by atoms with Gasteiger partial charge in [-0.2, -0.15) is 0 Å². The molecule has 1 rings (SSSR count). The molecule has 1 amide bonds. The number of rotatable bonds is 6. The molecule has 22 heavy (non-hydrogen) atoms. The molecular formula is C15H21NO5S. The van der Waals surface area contributed by atoms with Crippen LogP contribution < -0.4 is 5.32 Å². The molecule has 0 radical (unpaired) electrons. The highest BCUT2D eigenvalue weighted by molar-refractivity contribution is 7.90. The molecule has 1 aromatic carbocycles. The summed E-state index contributed by atoms with van der Waals surface area (Å²) in [7, 11) is -3.44. The van der Waals surface area contributed by atoms with Crippen LogP contribution in [0.1, 0.15) is 36.2 Å². The Hall–Kier alpha value is -1.89. The lowest BCUT2D eigenvalue weighted by Crippen LogP contribution is -2.45. The van der Waals surface area contributed by atoms with Gasteiger partial charge in [0, 0.05) is 11.8 Å². The zero-order valence-electron chi connectivity index (χ0n) is 13.1. The average molecular weight is 327 g/mol. The number of amides is 1. The first-order valence-corrected chi connectivity index (χ1v) is 8.81. The summed E-state index contributed by atoms with van der Waals surface area (Å²) >= 11 is 0. The first kappa shape index (κ1) is 18.2. The Labute approximate surface area is 130 Å². The molecule has 0 aliphatic rings. The predicted molar refractivity (Wildman–Crippen MR) is 82.6 cm³/mol. The van der Waals surface area contributed by atoms with Gasteiger partial charge in [-0.1, -0.05) is 26.3 Å². The van der Waals surface area contributed by atoms with Gasteiger partial charge in [0.15, 0.2) is 9.84 Å². The Morgan fingerprint density at radius 1 is 1.32 bits per heavy atom. The van der Waals surface area contributed by atoms with Crippen LogP contribution in [-0.4, -0.2) is 37.7 Å². The van der Waals surface area contributed by atoms with Gasteiger partial charge < -0.3 is 10.4 Å². The number of aryl methyl sites for hydroxylation is 1. The second kappa shape index (κ2) is 6.91. The SMILES string of the molecule is CCC(C)C(NC(=O)c1cc(S(C)(=O)=O)ccc1C)C(=O)O. The molecule has 2 unspecified atom stereocenters. The third-order valence-corrected chi connectivity index (χ3v) is 4.76. The summed E-state index contributed by atoms with van der Waals surface area (Å²) in [6.45, 7) is 5.24. The van der Waals surface area contributed by atoms with Crippen molar-refractivity contribution in [3.05, 3.63) is 29.3 Å². The molecule has 122 valence electrons. The third-order valence-electron chi connectivity index (χ3n) is 3.65. The summed E-state index contributed by atoms with van der Waals surface area (Å²) in [4.78, 5) is 23.6. The zero-order valence-corrected chi connectivity index (χ0v) is 13.9. The van der Waals surface area contributed by atoms with Crippen molar-refractivity contribution in [2.75, 3.05) is 6.26 Å². The van der Waals surface area contributed by atoms with Crippen molar-refractivity contribution in [2.24, 2.45) is 5.92 Å². The Morgan fingerprint density at radius 3 is 2.36 bits per heavy atom. The minimum Gasteiger partial charge on any atom is -0.480 e. The Kier molecular flexibility index (Phi) is 5.71. The maximum atomic E-state index is 12.3. The molecule has 0 fully saturated rings. The van der Waals surface area contributed by atoms with Gasteiger partial charge in [0.05, 0.1) is 4.90 Å². The van der Waals surface area contributed by atoms with Gasteiger partial charge in [-0.15, -0.1) is 0 Å². The lowest BCUT2D eigenvalue weighted by molar-refractivity contribution is -0.140. The van der Waals surface area contributed by atoms with E-state index in [-0.39, 0.29) is 16.4 Å². The van der Waals surface area contributed by atoms with E-state index in [1.807, 2.05) is 6.92 Å². The van der Waals surface area contributed by atoms with E-state index >= 15 is 0 Å². The highest BCUT2D eigenvalue weighted by atomic mass is 32.2. The molecule has 0 heterocycles. The van der Waals surface area contributed by atoms with E-state index in [2.05, 4.69) is 5.32 Å². The zero-order chi connectivity index (χ0) is 17.1. The number of carboxylic acids is 1. The number of carbonyl (C=O) groups is 2. The molecule has 0 saturated heterocycles. The second-order valence-electron chi connectivity index (χ2n) is 5.42. The number of benzene rings is 1. The fraction of sp³-hybridized carbons (Fsp3) is 0.467. The molecule has 6 nitrogen and oxygen atoms in total. The van der Waals surface area contributed by atoms with Gasteiger partial charge in [0.1, 0.15) is 6.04 Å². The summed E-state index contributed by atoms with van der Waals surface area (Å²) < 4.78 is 23.2. The summed E-state index contributed by atoms with van der Waals surface area (Å²) in [6.07, 6.45) is 1.65. The van der Waals surface area contributed by atoms with Crippen LogP contribution >= 0.6 is 0 Å². The van der Waals surface area contributed by atoms with Crippen LogP contribution in [0, 0.1) is 12.8 Å².